The standard InChI is InChI=1S/C42H61NO9/c1-41(2,33-25-31(44)27-35(46)39(33)29-17-9-5-10-18-29)37(48)21-13-7-15-23-51-43(50)52-24-16-8-14-22-38(49)42(3,4)34-26-32(45)28-36(47)40(34)30-19-11-6-12-20-30/h25-30H,5-24H2,1-4H3,(H3-,44,45,46,47)/p+1. The molecule has 2 fully saturated rings. The van der Waals surface area contributed by atoms with Crippen molar-refractivity contribution in [2.24, 2.45) is 0 Å². The Hall–Kier alpha value is -3.82. The van der Waals surface area contributed by atoms with Gasteiger partial charge in [0.05, 0.1) is 0 Å². The molecule has 0 radical (unpaired) electrons. The highest BCUT2D eigenvalue weighted by atomic mass is 17.0. The van der Waals surface area contributed by atoms with E-state index in [0.29, 0.717) is 62.5 Å². The molecule has 0 spiro atoms. The van der Waals surface area contributed by atoms with E-state index in [0.717, 1.165) is 62.5 Å². The van der Waals surface area contributed by atoms with E-state index in [2.05, 4.69) is 0 Å². The van der Waals surface area contributed by atoms with Crippen molar-refractivity contribution in [1.29, 1.82) is 0 Å². The highest BCUT2D eigenvalue weighted by molar-refractivity contribution is 5.90. The fourth-order valence-corrected chi connectivity index (χ4v) is 8.29. The van der Waals surface area contributed by atoms with Gasteiger partial charge in [-0.3, -0.25) is 9.59 Å². The Balaban J connectivity index is 1.12. The molecule has 2 aromatic rings. The van der Waals surface area contributed by atoms with Crippen LogP contribution in [0, 0.1) is 4.91 Å². The highest BCUT2D eigenvalue weighted by Gasteiger charge is 2.37. The molecule has 4 N–H and O–H groups in total. The maximum absolute atomic E-state index is 13.4. The Bertz CT molecular complexity index is 1410. The molecule has 4 rings (SSSR count). The predicted octanol–water partition coefficient (Wildman–Crippen LogP) is 9.76. The van der Waals surface area contributed by atoms with Crippen LogP contribution in [0.1, 0.15) is 177 Å². The number of carbonyl (C=O) groups is 2. The summed E-state index contributed by atoms with van der Waals surface area (Å²) in [5, 5.41) is 42.2. The molecular formula is C42H62NO9+. The number of Topliss-reactive ketones (excluding diaryl/α,β-unsaturated/α-hetero) is 2. The number of carbonyl (C=O) groups excluding carboxylic acids is 2. The first-order valence-electron chi connectivity index (χ1n) is 19.7. The molecule has 0 atom stereocenters. The molecule has 0 heterocycles. The Labute approximate surface area is 309 Å². The Morgan fingerprint density at radius 2 is 0.962 bits per heavy atom. The van der Waals surface area contributed by atoms with Gasteiger partial charge in [0.1, 0.15) is 39.5 Å². The number of aromatic hydroxyl groups is 4. The van der Waals surface area contributed by atoms with Gasteiger partial charge in [0.15, 0.2) is 13.2 Å². The van der Waals surface area contributed by atoms with Crippen molar-refractivity contribution in [3.05, 3.63) is 51.4 Å². The lowest BCUT2D eigenvalue weighted by molar-refractivity contribution is -0.981. The number of phenols is 4. The molecule has 0 bridgehead atoms. The third-order valence-corrected chi connectivity index (χ3v) is 11.5. The van der Waals surface area contributed by atoms with E-state index in [4.69, 9.17) is 9.68 Å². The van der Waals surface area contributed by atoms with Crippen molar-refractivity contribution >= 4 is 11.6 Å². The second kappa shape index (κ2) is 18.8. The minimum Gasteiger partial charge on any atom is -0.508 e. The number of ketones is 2. The molecule has 288 valence electrons. The summed E-state index contributed by atoms with van der Waals surface area (Å²) in [7, 11) is 0. The van der Waals surface area contributed by atoms with E-state index in [1.807, 2.05) is 27.7 Å². The Kier molecular flexibility index (Phi) is 14.8. The molecule has 0 unspecified atom stereocenters. The van der Waals surface area contributed by atoms with Gasteiger partial charge in [0.2, 0.25) is 0 Å². The van der Waals surface area contributed by atoms with Crippen LogP contribution in [-0.2, 0) is 30.1 Å². The topological polar surface area (TPSA) is 154 Å². The first kappa shape index (κ1) is 40.9. The summed E-state index contributed by atoms with van der Waals surface area (Å²) < 4.78 is 0. The minimum atomic E-state index is -0.865. The summed E-state index contributed by atoms with van der Waals surface area (Å²) in [6.07, 6.45) is 15.0. The van der Waals surface area contributed by atoms with Crippen LogP contribution in [0.3, 0.4) is 0 Å². The minimum absolute atomic E-state index is 0.0392. The summed E-state index contributed by atoms with van der Waals surface area (Å²) in [5.41, 5.74) is 1.28. The number of rotatable bonds is 20. The van der Waals surface area contributed by atoms with Crippen LogP contribution in [0.2, 0.25) is 0 Å². The van der Waals surface area contributed by atoms with Crippen LogP contribution in [0.4, 0.5) is 0 Å². The van der Waals surface area contributed by atoms with Gasteiger partial charge in [-0.2, -0.15) is 9.68 Å². The van der Waals surface area contributed by atoms with Crippen LogP contribution >= 0.6 is 0 Å². The molecule has 0 saturated heterocycles. The van der Waals surface area contributed by atoms with E-state index >= 15 is 0 Å². The Morgan fingerprint density at radius 1 is 0.596 bits per heavy atom. The monoisotopic (exact) mass is 724 g/mol. The summed E-state index contributed by atoms with van der Waals surface area (Å²) in [6.45, 7) is 7.76. The fourth-order valence-electron chi connectivity index (χ4n) is 8.29. The summed E-state index contributed by atoms with van der Waals surface area (Å²) in [5.74, 6) is 0.488. The third-order valence-electron chi connectivity index (χ3n) is 11.5. The molecule has 0 aromatic heterocycles. The van der Waals surface area contributed by atoms with E-state index in [-0.39, 0.29) is 64.7 Å². The lowest BCUT2D eigenvalue weighted by Crippen LogP contribution is -2.31. The van der Waals surface area contributed by atoms with Gasteiger partial charge < -0.3 is 20.4 Å². The van der Waals surface area contributed by atoms with Crippen molar-refractivity contribution in [2.45, 2.75) is 166 Å². The van der Waals surface area contributed by atoms with Crippen LogP contribution < -0.4 is 0 Å². The largest absolute Gasteiger partial charge is 0.508 e. The second-order valence-electron chi connectivity index (χ2n) is 16.1. The van der Waals surface area contributed by atoms with Crippen molar-refractivity contribution in [3.8, 4) is 23.0 Å². The summed E-state index contributed by atoms with van der Waals surface area (Å²) >= 11 is 0. The smallest absolute Gasteiger partial charge is 0.477 e. The van der Waals surface area contributed by atoms with Gasteiger partial charge in [-0.05, 0) is 127 Å². The molecule has 0 amide bonds. The molecular weight excluding hydrogens is 662 g/mol. The van der Waals surface area contributed by atoms with Gasteiger partial charge in [-0.1, -0.05) is 38.5 Å². The molecule has 10 heteroatoms. The molecule has 2 saturated carbocycles. The number of hydrogen-bond acceptors (Lipinski definition) is 9. The van der Waals surface area contributed by atoms with E-state index < -0.39 is 10.8 Å². The zero-order chi connectivity index (χ0) is 37.9. The maximum atomic E-state index is 13.4. The van der Waals surface area contributed by atoms with Crippen LogP contribution in [0.25, 0.3) is 0 Å². The van der Waals surface area contributed by atoms with Gasteiger partial charge in [0.25, 0.3) is 0 Å². The predicted molar refractivity (Wildman–Crippen MR) is 200 cm³/mol. The highest BCUT2D eigenvalue weighted by Crippen LogP contribution is 2.46. The quantitative estimate of drug-likeness (QED) is 0.0772. The van der Waals surface area contributed by atoms with Crippen LogP contribution in [0.15, 0.2) is 24.3 Å². The van der Waals surface area contributed by atoms with E-state index in [1.165, 1.54) is 25.0 Å². The number of phenolic OH excluding ortho intramolecular Hbond substituents is 4. The lowest BCUT2D eigenvalue weighted by atomic mass is 9.71. The SMILES string of the molecule is CC(C)(C(=O)CCCCCO[N+](=O)OCCCCCC(=O)C(C)(C)c1cc(O)cc(O)c1C1CCCCC1)c1cc(O)cc(O)c1C1CCCCC1. The average Bonchev–Trinajstić information content (AvgIpc) is 3.11. The second-order valence-corrected chi connectivity index (χ2v) is 16.1. The van der Waals surface area contributed by atoms with Crippen molar-refractivity contribution in [1.82, 2.24) is 0 Å². The summed E-state index contributed by atoms with van der Waals surface area (Å²) in [6, 6.07) is 6.03. The average molecular weight is 725 g/mol. The first-order valence-corrected chi connectivity index (χ1v) is 19.7. The number of benzene rings is 2. The third kappa shape index (κ3) is 10.6. The van der Waals surface area contributed by atoms with Crippen LogP contribution in [-0.4, -0.2) is 50.3 Å². The lowest BCUT2D eigenvalue weighted by Gasteiger charge is -2.32. The number of unbranched alkanes of at least 4 members (excludes halogenated alkanes) is 4. The first-order chi connectivity index (χ1) is 24.7. The normalized spacial score (nSPS) is 16.1. The summed E-state index contributed by atoms with van der Waals surface area (Å²) in [4.78, 5) is 49.1. The zero-order valence-electron chi connectivity index (χ0n) is 31.9. The van der Waals surface area contributed by atoms with Crippen molar-refractivity contribution in [3.63, 3.8) is 0 Å². The molecule has 52 heavy (non-hydrogen) atoms. The van der Waals surface area contributed by atoms with Crippen LogP contribution in [0.5, 0.6) is 23.0 Å². The molecule has 2 aliphatic rings. The van der Waals surface area contributed by atoms with Crippen molar-refractivity contribution < 1.29 is 44.8 Å². The van der Waals surface area contributed by atoms with Gasteiger partial charge in [-0.15, -0.1) is 0 Å². The zero-order valence-corrected chi connectivity index (χ0v) is 31.9. The molecule has 2 aromatic carbocycles. The fraction of sp³-hybridized carbons (Fsp3) is 0.667. The maximum Gasteiger partial charge on any atom is 0.477 e. The van der Waals surface area contributed by atoms with E-state index in [1.54, 1.807) is 12.1 Å². The van der Waals surface area contributed by atoms with Gasteiger partial charge >= 0.3 is 5.09 Å². The van der Waals surface area contributed by atoms with E-state index in [9.17, 15) is 34.9 Å². The number of nitrogens with zero attached hydrogens (tertiary/aromatic N) is 1. The molecule has 0 aliphatic heterocycles. The molecule has 2 aliphatic carbocycles. The van der Waals surface area contributed by atoms with Gasteiger partial charge in [-0.25, -0.2) is 0 Å². The Morgan fingerprint density at radius 3 is 1.33 bits per heavy atom. The number of hydrogen-bond donors (Lipinski definition) is 4. The van der Waals surface area contributed by atoms with Gasteiger partial charge in [0, 0.05) is 46.9 Å². The molecule has 10 nitrogen and oxygen atoms in total. The van der Waals surface area contributed by atoms with Crippen molar-refractivity contribution in [2.75, 3.05) is 13.2 Å².